The maximum atomic E-state index is 12.6. The molecule has 0 aromatic carbocycles. The average molecular weight is 691 g/mol. The summed E-state index contributed by atoms with van der Waals surface area (Å²) in [6, 6.07) is 0. The molecule has 0 bridgehead atoms. The first kappa shape index (κ1) is 45.8. The fraction of sp³-hybridized carbons (Fsp3) is 0.892. The van der Waals surface area contributed by atoms with Crippen LogP contribution in [-0.4, -0.2) is 74.9 Å². The molecule has 0 aliphatic heterocycles. The van der Waals surface area contributed by atoms with Crippen LogP contribution in [0.3, 0.4) is 0 Å². The maximum Gasteiger partial charge on any atom is 0.472 e. The van der Waals surface area contributed by atoms with Crippen molar-refractivity contribution < 1.29 is 42.1 Å². The van der Waals surface area contributed by atoms with Crippen LogP contribution in [0.15, 0.2) is 12.2 Å². The molecular formula is C37H73NO8P+. The highest BCUT2D eigenvalue weighted by atomic mass is 31.2. The summed E-state index contributed by atoms with van der Waals surface area (Å²) in [6.45, 7) is 4.37. The van der Waals surface area contributed by atoms with Crippen LogP contribution < -0.4 is 0 Å². The minimum atomic E-state index is -4.36. The summed E-state index contributed by atoms with van der Waals surface area (Å²) in [4.78, 5) is 35.1. The molecule has 2 atom stereocenters. The van der Waals surface area contributed by atoms with E-state index in [-0.39, 0.29) is 32.0 Å². The second-order valence-corrected chi connectivity index (χ2v) is 15.4. The highest BCUT2D eigenvalue weighted by Gasteiger charge is 2.27. The van der Waals surface area contributed by atoms with Gasteiger partial charge in [0.25, 0.3) is 0 Å². The third kappa shape index (κ3) is 34.4. The van der Waals surface area contributed by atoms with E-state index in [1.807, 2.05) is 21.1 Å². The van der Waals surface area contributed by atoms with Gasteiger partial charge in [-0.1, -0.05) is 122 Å². The lowest BCUT2D eigenvalue weighted by molar-refractivity contribution is -0.870. The molecule has 0 aromatic heterocycles. The number of phosphoric ester groups is 1. The van der Waals surface area contributed by atoms with Gasteiger partial charge in [-0.15, -0.1) is 0 Å². The Hall–Kier alpha value is -1.25. The Morgan fingerprint density at radius 3 is 1.62 bits per heavy atom. The number of allylic oxidation sites excluding steroid dienone is 2. The second-order valence-electron chi connectivity index (χ2n) is 14.0. The van der Waals surface area contributed by atoms with Gasteiger partial charge in [0.05, 0.1) is 27.7 Å². The number of quaternary nitrogens is 1. The lowest BCUT2D eigenvalue weighted by atomic mass is 10.1. The third-order valence-electron chi connectivity index (χ3n) is 8.05. The van der Waals surface area contributed by atoms with E-state index in [0.717, 1.165) is 51.4 Å². The van der Waals surface area contributed by atoms with Crippen molar-refractivity contribution >= 4 is 19.8 Å². The van der Waals surface area contributed by atoms with E-state index in [4.69, 9.17) is 18.5 Å². The zero-order valence-electron chi connectivity index (χ0n) is 31.0. The van der Waals surface area contributed by atoms with Crippen molar-refractivity contribution in [2.45, 2.75) is 168 Å². The summed E-state index contributed by atoms with van der Waals surface area (Å²) in [7, 11) is 1.48. The summed E-state index contributed by atoms with van der Waals surface area (Å²) in [5.74, 6) is -0.807. The van der Waals surface area contributed by atoms with E-state index in [9.17, 15) is 19.0 Å². The van der Waals surface area contributed by atoms with Crippen LogP contribution in [0.5, 0.6) is 0 Å². The molecule has 0 radical (unpaired) electrons. The van der Waals surface area contributed by atoms with Gasteiger partial charge in [-0.05, 0) is 38.5 Å². The first-order chi connectivity index (χ1) is 22.5. The molecule has 0 fully saturated rings. The van der Waals surface area contributed by atoms with Gasteiger partial charge in [-0.3, -0.25) is 18.6 Å². The molecule has 9 nitrogen and oxygen atoms in total. The predicted octanol–water partition coefficient (Wildman–Crippen LogP) is 9.85. The van der Waals surface area contributed by atoms with Crippen molar-refractivity contribution in [1.29, 1.82) is 0 Å². The normalized spacial score (nSPS) is 13.9. The van der Waals surface area contributed by atoms with Crippen molar-refractivity contribution in [3.05, 3.63) is 12.2 Å². The molecule has 0 spiro atoms. The fourth-order valence-corrected chi connectivity index (χ4v) is 5.75. The molecule has 0 aliphatic rings. The number of ether oxygens (including phenoxy) is 2. The molecular weight excluding hydrogens is 617 g/mol. The summed E-state index contributed by atoms with van der Waals surface area (Å²) in [6.07, 6.45) is 28.3. The molecule has 10 heteroatoms. The van der Waals surface area contributed by atoms with Crippen LogP contribution in [0.4, 0.5) is 0 Å². The molecule has 0 saturated carbocycles. The van der Waals surface area contributed by atoms with E-state index < -0.39 is 26.5 Å². The lowest BCUT2D eigenvalue weighted by Crippen LogP contribution is -2.37. The van der Waals surface area contributed by atoms with E-state index in [1.165, 1.54) is 77.0 Å². The van der Waals surface area contributed by atoms with Crippen LogP contribution in [0.2, 0.25) is 0 Å². The lowest BCUT2D eigenvalue weighted by Gasteiger charge is -2.24. The van der Waals surface area contributed by atoms with E-state index >= 15 is 0 Å². The monoisotopic (exact) mass is 691 g/mol. The van der Waals surface area contributed by atoms with Crippen molar-refractivity contribution in [3.8, 4) is 0 Å². The summed E-state index contributed by atoms with van der Waals surface area (Å²) >= 11 is 0. The highest BCUT2D eigenvalue weighted by Crippen LogP contribution is 2.43. The Bertz CT molecular complexity index is 830. The van der Waals surface area contributed by atoms with Crippen LogP contribution in [-0.2, 0) is 32.7 Å². The van der Waals surface area contributed by atoms with E-state index in [0.29, 0.717) is 17.4 Å². The predicted molar refractivity (Wildman–Crippen MR) is 192 cm³/mol. The smallest absolute Gasteiger partial charge is 0.462 e. The number of carbonyl (C=O) groups excluding carboxylic acids is 2. The molecule has 1 unspecified atom stereocenters. The van der Waals surface area contributed by atoms with Crippen molar-refractivity contribution in [2.24, 2.45) is 0 Å². The number of carbonyl (C=O) groups is 2. The minimum Gasteiger partial charge on any atom is -0.462 e. The molecule has 0 aliphatic carbocycles. The van der Waals surface area contributed by atoms with Gasteiger partial charge < -0.3 is 18.9 Å². The quantitative estimate of drug-likeness (QED) is 0.0234. The number of nitrogens with zero attached hydrogens (tertiary/aromatic N) is 1. The zero-order valence-corrected chi connectivity index (χ0v) is 31.9. The van der Waals surface area contributed by atoms with Gasteiger partial charge in [-0.25, -0.2) is 4.57 Å². The molecule has 278 valence electrons. The summed E-state index contributed by atoms with van der Waals surface area (Å²) in [5.41, 5.74) is 0. The van der Waals surface area contributed by atoms with Crippen molar-refractivity contribution in [2.75, 3.05) is 47.5 Å². The topological polar surface area (TPSA) is 108 Å². The number of phosphoric acid groups is 1. The average Bonchev–Trinajstić information content (AvgIpc) is 3.01. The van der Waals surface area contributed by atoms with Crippen LogP contribution in [0, 0.1) is 0 Å². The number of likely N-dealkylation sites (N-methyl/N-ethyl adjacent to an activating group) is 1. The molecule has 0 aromatic rings. The van der Waals surface area contributed by atoms with Gasteiger partial charge in [0, 0.05) is 12.8 Å². The number of hydrogen-bond donors (Lipinski definition) is 1. The highest BCUT2D eigenvalue weighted by molar-refractivity contribution is 7.47. The molecule has 0 saturated heterocycles. The standard InChI is InChI=1S/C37H72NO8P/c1-6-8-10-12-14-16-18-20-21-23-25-27-29-36(39)43-33-35(34-45-47(41,42)44-32-31-38(3,4)5)46-37(40)30-28-26-24-22-19-17-15-13-11-9-7-2/h14,16,35H,6-13,15,17-34H2,1-5H3/p+1/b16-14-/t35-/m1/s1. The molecule has 0 amide bonds. The van der Waals surface area contributed by atoms with Crippen LogP contribution >= 0.6 is 7.82 Å². The van der Waals surface area contributed by atoms with Gasteiger partial charge in [0.15, 0.2) is 6.10 Å². The molecule has 0 rings (SSSR count). The third-order valence-corrected chi connectivity index (χ3v) is 9.03. The van der Waals surface area contributed by atoms with Gasteiger partial charge in [-0.2, -0.15) is 0 Å². The van der Waals surface area contributed by atoms with Crippen molar-refractivity contribution in [3.63, 3.8) is 0 Å². The van der Waals surface area contributed by atoms with Crippen molar-refractivity contribution in [1.82, 2.24) is 0 Å². The Morgan fingerprint density at radius 2 is 1.09 bits per heavy atom. The summed E-state index contributed by atoms with van der Waals surface area (Å²) in [5, 5.41) is 0. The molecule has 0 heterocycles. The number of esters is 2. The largest absolute Gasteiger partial charge is 0.472 e. The number of hydrogen-bond acceptors (Lipinski definition) is 7. The van der Waals surface area contributed by atoms with Gasteiger partial charge in [0.1, 0.15) is 19.8 Å². The van der Waals surface area contributed by atoms with Gasteiger partial charge in [0.2, 0.25) is 0 Å². The Kier molecular flexibility index (Phi) is 30.0. The second kappa shape index (κ2) is 30.8. The number of rotatable bonds is 34. The Balaban J connectivity index is 4.45. The Labute approximate surface area is 288 Å². The summed E-state index contributed by atoms with van der Waals surface area (Å²) < 4.78 is 34.1. The fourth-order valence-electron chi connectivity index (χ4n) is 5.01. The van der Waals surface area contributed by atoms with Gasteiger partial charge >= 0.3 is 19.8 Å². The van der Waals surface area contributed by atoms with E-state index in [2.05, 4.69) is 26.0 Å². The Morgan fingerprint density at radius 1 is 0.638 bits per heavy atom. The zero-order chi connectivity index (χ0) is 35.1. The first-order valence-electron chi connectivity index (χ1n) is 18.9. The molecule has 1 N–H and O–H groups in total. The molecule has 47 heavy (non-hydrogen) atoms. The van der Waals surface area contributed by atoms with Crippen LogP contribution in [0.1, 0.15) is 162 Å². The minimum absolute atomic E-state index is 0.0331. The number of unbranched alkanes of at least 4 members (excludes halogenated alkanes) is 18. The SMILES string of the molecule is CCCCC/C=C\CCCCCCCC(=O)OC[C@H](COP(=O)(O)OCC[N+](C)(C)C)OC(=O)CCCCCCCCCCCCC. The first-order valence-corrected chi connectivity index (χ1v) is 20.4. The maximum absolute atomic E-state index is 12.6. The van der Waals surface area contributed by atoms with Crippen LogP contribution in [0.25, 0.3) is 0 Å². The van der Waals surface area contributed by atoms with E-state index in [1.54, 1.807) is 0 Å².